The number of hydrogen-bond acceptors (Lipinski definition) is 5. The Morgan fingerprint density at radius 2 is 2.23 bits per heavy atom. The van der Waals surface area contributed by atoms with Crippen molar-refractivity contribution in [1.82, 2.24) is 20.2 Å². The molecule has 8 heteroatoms. The van der Waals surface area contributed by atoms with Gasteiger partial charge in [0.05, 0.1) is 18.4 Å². The quantitative estimate of drug-likeness (QED) is 0.830. The molecule has 114 valence electrons. The molecule has 0 radical (unpaired) electrons. The zero-order valence-corrected chi connectivity index (χ0v) is 12.5. The molecule has 1 aliphatic carbocycles. The molecule has 0 saturated heterocycles. The number of ether oxygens (including phenoxy) is 1. The average molecular weight is 321 g/mol. The van der Waals surface area contributed by atoms with Crippen LogP contribution < -0.4 is 11.2 Å². The minimum Gasteiger partial charge on any atom is -0.501 e. The Hall–Kier alpha value is -2.41. The number of aromatic nitrogens is 4. The molecule has 22 heavy (non-hydrogen) atoms. The molecule has 2 aromatic heterocycles. The smallest absolute Gasteiger partial charge is 0.325 e. The van der Waals surface area contributed by atoms with E-state index in [0.717, 1.165) is 12.0 Å². The fourth-order valence-electron chi connectivity index (χ4n) is 2.43. The number of hydrogen-bond donors (Lipinski definition) is 2. The summed E-state index contributed by atoms with van der Waals surface area (Å²) in [5, 5.41) is 8.11. The van der Waals surface area contributed by atoms with Crippen LogP contribution in [-0.4, -0.2) is 27.3 Å². The van der Waals surface area contributed by atoms with Crippen LogP contribution in [0.25, 0.3) is 11.3 Å². The SMILES string of the molecule is C=C(OC)[C@H]1C[C@@H]1c1cc(-c2c[nH]c(=O)[nH]c2=O)nnc1Cl. The number of H-pyrrole nitrogens is 2. The first-order valence-electron chi connectivity index (χ1n) is 6.59. The van der Waals surface area contributed by atoms with Crippen LogP contribution in [0.15, 0.2) is 34.2 Å². The monoisotopic (exact) mass is 320 g/mol. The molecule has 2 heterocycles. The van der Waals surface area contributed by atoms with Gasteiger partial charge in [-0.3, -0.25) is 9.78 Å². The lowest BCUT2D eigenvalue weighted by atomic mass is 10.1. The largest absolute Gasteiger partial charge is 0.501 e. The second-order valence-electron chi connectivity index (χ2n) is 5.08. The lowest BCUT2D eigenvalue weighted by Gasteiger charge is -2.06. The van der Waals surface area contributed by atoms with E-state index in [1.807, 2.05) is 0 Å². The van der Waals surface area contributed by atoms with Crippen LogP contribution in [0.1, 0.15) is 17.9 Å². The summed E-state index contributed by atoms with van der Waals surface area (Å²) in [6.45, 7) is 3.85. The van der Waals surface area contributed by atoms with Crippen molar-refractivity contribution in [2.75, 3.05) is 7.11 Å². The van der Waals surface area contributed by atoms with Gasteiger partial charge in [0.2, 0.25) is 0 Å². The second kappa shape index (κ2) is 5.42. The van der Waals surface area contributed by atoms with Gasteiger partial charge in [-0.2, -0.15) is 0 Å². The van der Waals surface area contributed by atoms with Crippen molar-refractivity contribution < 1.29 is 4.74 Å². The van der Waals surface area contributed by atoms with Gasteiger partial charge in [-0.15, -0.1) is 10.2 Å². The molecule has 0 bridgehead atoms. The predicted molar refractivity (Wildman–Crippen MR) is 80.7 cm³/mol. The fraction of sp³-hybridized carbons (Fsp3) is 0.286. The van der Waals surface area contributed by atoms with Crippen molar-refractivity contribution in [1.29, 1.82) is 0 Å². The Morgan fingerprint density at radius 1 is 1.45 bits per heavy atom. The first-order valence-corrected chi connectivity index (χ1v) is 6.97. The van der Waals surface area contributed by atoms with Gasteiger partial charge >= 0.3 is 5.69 Å². The Labute approximate surface area is 130 Å². The van der Waals surface area contributed by atoms with Crippen LogP contribution in [0.4, 0.5) is 0 Å². The second-order valence-corrected chi connectivity index (χ2v) is 5.44. The number of allylic oxidation sites excluding steroid dienone is 1. The highest BCUT2D eigenvalue weighted by atomic mass is 35.5. The summed E-state index contributed by atoms with van der Waals surface area (Å²) >= 11 is 6.11. The molecule has 2 atom stereocenters. The molecule has 0 aliphatic heterocycles. The predicted octanol–water partition coefficient (Wildman–Crippen LogP) is 1.44. The molecule has 3 rings (SSSR count). The minimum atomic E-state index is -0.574. The molecule has 7 nitrogen and oxygen atoms in total. The third-order valence-corrected chi connectivity index (χ3v) is 4.03. The van der Waals surface area contributed by atoms with Crippen LogP contribution in [0.2, 0.25) is 5.15 Å². The van der Waals surface area contributed by atoms with E-state index in [9.17, 15) is 9.59 Å². The standard InChI is InChI=1S/C14H13ClN4O3/c1-6(22-2)7-3-8(7)9-4-11(18-19-12(9)15)10-5-16-14(21)17-13(10)20/h4-5,7-8H,1,3H2,2H3,(H2,16,17,20,21)/t7-,8+/m1/s1. The summed E-state index contributed by atoms with van der Waals surface area (Å²) in [7, 11) is 1.58. The fourth-order valence-corrected chi connectivity index (χ4v) is 2.66. The number of halogens is 1. The molecule has 0 spiro atoms. The van der Waals surface area contributed by atoms with Gasteiger partial charge in [0.15, 0.2) is 5.15 Å². The van der Waals surface area contributed by atoms with E-state index >= 15 is 0 Å². The highest BCUT2D eigenvalue weighted by molar-refractivity contribution is 6.30. The number of nitrogens with zero attached hydrogens (tertiary/aromatic N) is 2. The van der Waals surface area contributed by atoms with Gasteiger partial charge in [0.1, 0.15) is 5.69 Å². The van der Waals surface area contributed by atoms with E-state index in [2.05, 4.69) is 26.7 Å². The molecule has 1 fully saturated rings. The van der Waals surface area contributed by atoms with Gasteiger partial charge < -0.3 is 9.72 Å². The zero-order valence-electron chi connectivity index (χ0n) is 11.7. The molecule has 1 saturated carbocycles. The summed E-state index contributed by atoms with van der Waals surface area (Å²) in [5.41, 5.74) is 0.272. The summed E-state index contributed by atoms with van der Waals surface area (Å²) in [4.78, 5) is 27.5. The minimum absolute atomic E-state index is 0.149. The molecule has 2 N–H and O–H groups in total. The lowest BCUT2D eigenvalue weighted by Crippen LogP contribution is -2.23. The summed E-state index contributed by atoms with van der Waals surface area (Å²) in [6, 6.07) is 1.71. The molecule has 1 aliphatic rings. The third-order valence-electron chi connectivity index (χ3n) is 3.74. The third kappa shape index (κ3) is 2.55. The Morgan fingerprint density at radius 3 is 2.91 bits per heavy atom. The zero-order chi connectivity index (χ0) is 15.9. The number of aromatic amines is 2. The molecule has 0 unspecified atom stereocenters. The normalized spacial score (nSPS) is 19.7. The van der Waals surface area contributed by atoms with Crippen LogP contribution in [-0.2, 0) is 4.74 Å². The maximum atomic E-state index is 11.8. The van der Waals surface area contributed by atoms with Crippen LogP contribution in [0, 0.1) is 5.92 Å². The molecule has 2 aromatic rings. The number of methoxy groups -OCH3 is 1. The van der Waals surface area contributed by atoms with Gasteiger partial charge in [-0.1, -0.05) is 18.2 Å². The molecular formula is C14H13ClN4O3. The van der Waals surface area contributed by atoms with Crippen molar-refractivity contribution in [3.63, 3.8) is 0 Å². The van der Waals surface area contributed by atoms with Gasteiger partial charge in [0, 0.05) is 12.1 Å². The maximum Gasteiger partial charge on any atom is 0.325 e. The Kier molecular flexibility index (Phi) is 3.58. The van der Waals surface area contributed by atoms with Crippen LogP contribution in [0.3, 0.4) is 0 Å². The highest BCUT2D eigenvalue weighted by Crippen LogP contribution is 2.53. The molecule has 0 amide bonds. The number of nitrogens with one attached hydrogen (secondary N) is 2. The van der Waals surface area contributed by atoms with Gasteiger partial charge in [0.25, 0.3) is 5.56 Å². The first kappa shape index (κ1) is 14.5. The van der Waals surface area contributed by atoms with E-state index < -0.39 is 11.2 Å². The van der Waals surface area contributed by atoms with Gasteiger partial charge in [-0.05, 0) is 24.0 Å². The molecular weight excluding hydrogens is 308 g/mol. The lowest BCUT2D eigenvalue weighted by molar-refractivity contribution is 0.271. The van der Waals surface area contributed by atoms with Crippen LogP contribution >= 0.6 is 11.6 Å². The van der Waals surface area contributed by atoms with E-state index in [-0.39, 0.29) is 17.4 Å². The summed E-state index contributed by atoms with van der Waals surface area (Å²) in [5.74, 6) is 1.03. The van der Waals surface area contributed by atoms with Crippen molar-refractivity contribution >= 4 is 11.6 Å². The van der Waals surface area contributed by atoms with Gasteiger partial charge in [-0.25, -0.2) is 4.79 Å². The van der Waals surface area contributed by atoms with Crippen molar-refractivity contribution in [2.24, 2.45) is 5.92 Å². The van der Waals surface area contributed by atoms with Crippen molar-refractivity contribution in [3.8, 4) is 11.3 Å². The van der Waals surface area contributed by atoms with Crippen molar-refractivity contribution in [2.45, 2.75) is 12.3 Å². The van der Waals surface area contributed by atoms with E-state index in [0.29, 0.717) is 16.6 Å². The topological polar surface area (TPSA) is 101 Å². The Balaban J connectivity index is 1.99. The van der Waals surface area contributed by atoms with Crippen molar-refractivity contribution in [3.05, 3.63) is 56.2 Å². The van der Waals surface area contributed by atoms with E-state index in [1.165, 1.54) is 6.20 Å². The summed E-state index contributed by atoms with van der Waals surface area (Å²) in [6.07, 6.45) is 2.17. The van der Waals surface area contributed by atoms with E-state index in [1.54, 1.807) is 13.2 Å². The maximum absolute atomic E-state index is 11.8. The Bertz CT molecular complexity index is 858. The highest BCUT2D eigenvalue weighted by Gasteiger charge is 2.43. The number of rotatable bonds is 4. The molecule has 0 aromatic carbocycles. The summed E-state index contributed by atoms with van der Waals surface area (Å²) < 4.78 is 5.14. The van der Waals surface area contributed by atoms with Crippen LogP contribution in [0.5, 0.6) is 0 Å². The van der Waals surface area contributed by atoms with E-state index in [4.69, 9.17) is 16.3 Å². The average Bonchev–Trinajstić information content (AvgIpc) is 3.28. The first-order chi connectivity index (χ1) is 10.5.